The number of amides is 2. The minimum Gasteiger partial charge on any atom is -0.493 e. The molecule has 1 saturated carbocycles. The van der Waals surface area contributed by atoms with Crippen molar-refractivity contribution in [3.63, 3.8) is 0 Å². The molecule has 4 atom stereocenters. The number of esters is 1. The molecule has 3 aromatic rings. The number of alkyl halides is 5. The molecule has 0 aromatic heterocycles. The molecular formula is C39H41ClF5N3O5. The fourth-order valence-corrected chi connectivity index (χ4v) is 7.83. The van der Waals surface area contributed by atoms with E-state index >= 15 is 8.78 Å². The monoisotopic (exact) mass is 761 g/mol. The Labute approximate surface area is 309 Å². The summed E-state index contributed by atoms with van der Waals surface area (Å²) in [6.45, 7) is 0.426. The number of hydrogen-bond acceptors (Lipinski definition) is 6. The predicted octanol–water partition coefficient (Wildman–Crippen LogP) is 7.87. The number of fused-ring (bicyclic) bond motifs is 2. The molecule has 14 heteroatoms. The normalized spacial score (nSPS) is 21.8. The van der Waals surface area contributed by atoms with Gasteiger partial charge in [0.2, 0.25) is 6.10 Å². The Morgan fingerprint density at radius 1 is 0.811 bits per heavy atom. The summed E-state index contributed by atoms with van der Waals surface area (Å²) >= 11 is 5.98. The number of ether oxygens (including phenoxy) is 2. The Balaban J connectivity index is 1.29. The van der Waals surface area contributed by atoms with Crippen LogP contribution in [0.2, 0.25) is 5.02 Å². The molecule has 53 heavy (non-hydrogen) atoms. The highest BCUT2D eigenvalue weighted by Crippen LogP contribution is 2.40. The molecule has 2 unspecified atom stereocenters. The third-order valence-electron chi connectivity index (χ3n) is 10.5. The van der Waals surface area contributed by atoms with Gasteiger partial charge in [-0.3, -0.25) is 9.59 Å². The molecule has 3 N–H and O–H groups in total. The lowest BCUT2D eigenvalue weighted by molar-refractivity contribution is -0.206. The first kappa shape index (κ1) is 38.5. The molecule has 284 valence electrons. The summed E-state index contributed by atoms with van der Waals surface area (Å²) in [7, 11) is 0. The zero-order valence-corrected chi connectivity index (χ0v) is 29.6. The maximum Gasteiger partial charge on any atom is 0.490 e. The third-order valence-corrected chi connectivity index (χ3v) is 10.7. The number of carbonyl (C=O) groups excluding carboxylic acids is 3. The van der Waals surface area contributed by atoms with Crippen molar-refractivity contribution in [1.82, 2.24) is 10.2 Å². The standard InChI is InChI=1S/C39H41ClF5N3O5/c40-28-14-8-25(9-15-28)24-6-12-27(13-7-24)38(41,42)34(36(50)48-30-16-17-31(48)21-29(46)20-30)47-35(49)33(53-37(51)39(43,44)45)26-10-18-32(19-11-26)52-22-23-4-2-1-3-5-23/h6-15,18-19,23,29-31,33-34H,1-5,16-17,20-22,46H2,(H,47,49)/t29?,30?,31?,33-,34-/m0/s1. The van der Waals surface area contributed by atoms with Gasteiger partial charge in [-0.2, -0.15) is 22.0 Å². The number of nitrogens with zero attached hydrogens (tertiary/aromatic N) is 1. The SMILES string of the molecule is NC1CC2CCC(C1)N2C(=O)[C@H](NC(=O)[C@@H](OC(=O)C(F)(F)F)c1ccc(OCC2CCCCC2)cc1)C(F)(F)c1ccc(-c2ccc(Cl)cc2)cc1. The topological polar surface area (TPSA) is 111 Å². The van der Waals surface area contributed by atoms with Crippen LogP contribution in [0.4, 0.5) is 22.0 Å². The molecular weight excluding hydrogens is 721 g/mol. The number of halogens is 6. The van der Waals surface area contributed by atoms with Crippen LogP contribution in [0.3, 0.4) is 0 Å². The molecule has 2 heterocycles. The van der Waals surface area contributed by atoms with Crippen molar-refractivity contribution < 1.29 is 45.8 Å². The molecule has 0 spiro atoms. The van der Waals surface area contributed by atoms with E-state index in [-0.39, 0.29) is 11.6 Å². The maximum atomic E-state index is 16.7. The van der Waals surface area contributed by atoms with Crippen molar-refractivity contribution in [2.45, 2.75) is 100 Å². The Morgan fingerprint density at radius 2 is 1.38 bits per heavy atom. The van der Waals surface area contributed by atoms with Crippen LogP contribution in [0.1, 0.15) is 75.0 Å². The van der Waals surface area contributed by atoms with Crippen LogP contribution < -0.4 is 15.8 Å². The van der Waals surface area contributed by atoms with Gasteiger partial charge >= 0.3 is 18.1 Å². The van der Waals surface area contributed by atoms with Gasteiger partial charge in [-0.15, -0.1) is 0 Å². The van der Waals surface area contributed by atoms with Gasteiger partial charge in [0.05, 0.1) is 6.61 Å². The Morgan fingerprint density at radius 3 is 1.94 bits per heavy atom. The average Bonchev–Trinajstić information content (AvgIpc) is 3.42. The molecule has 0 radical (unpaired) electrons. The number of piperidine rings is 1. The van der Waals surface area contributed by atoms with E-state index < -0.39 is 59.7 Å². The second-order valence-electron chi connectivity index (χ2n) is 14.2. The Kier molecular flexibility index (Phi) is 11.6. The van der Waals surface area contributed by atoms with Gasteiger partial charge in [-0.1, -0.05) is 79.4 Å². The fourth-order valence-electron chi connectivity index (χ4n) is 7.70. The van der Waals surface area contributed by atoms with Crippen LogP contribution in [-0.4, -0.2) is 59.6 Å². The quantitative estimate of drug-likeness (QED) is 0.152. The van der Waals surface area contributed by atoms with Gasteiger partial charge in [0.1, 0.15) is 5.75 Å². The van der Waals surface area contributed by atoms with Crippen molar-refractivity contribution in [3.05, 3.63) is 88.9 Å². The predicted molar refractivity (Wildman–Crippen MR) is 187 cm³/mol. The Hall–Kier alpha value is -4.23. The molecule has 1 aliphatic carbocycles. The van der Waals surface area contributed by atoms with Gasteiger partial charge in [0.25, 0.3) is 11.8 Å². The highest BCUT2D eigenvalue weighted by atomic mass is 35.5. The number of nitrogens with two attached hydrogens (primary N) is 1. The Bertz CT molecular complexity index is 1740. The second kappa shape index (κ2) is 16.0. The highest BCUT2D eigenvalue weighted by molar-refractivity contribution is 6.30. The summed E-state index contributed by atoms with van der Waals surface area (Å²) in [6.07, 6.45) is -0.687. The average molecular weight is 762 g/mol. The minimum absolute atomic E-state index is 0.240. The van der Waals surface area contributed by atoms with Gasteiger partial charge in [0.15, 0.2) is 6.04 Å². The molecule has 3 aliphatic rings. The first-order valence-electron chi connectivity index (χ1n) is 17.8. The van der Waals surface area contributed by atoms with E-state index in [2.05, 4.69) is 4.74 Å². The van der Waals surface area contributed by atoms with Gasteiger partial charge in [0, 0.05) is 34.3 Å². The number of hydrogen-bond donors (Lipinski definition) is 2. The lowest BCUT2D eigenvalue weighted by Crippen LogP contribution is -2.61. The third kappa shape index (κ3) is 8.95. The maximum absolute atomic E-state index is 16.7. The molecule has 8 nitrogen and oxygen atoms in total. The van der Waals surface area contributed by atoms with E-state index in [0.717, 1.165) is 44.2 Å². The summed E-state index contributed by atoms with van der Waals surface area (Å²) in [6, 6.07) is 13.3. The van der Waals surface area contributed by atoms with Crippen molar-refractivity contribution in [1.29, 1.82) is 0 Å². The summed E-state index contributed by atoms with van der Waals surface area (Å²) in [5, 5.41) is 2.51. The molecule has 2 saturated heterocycles. The lowest BCUT2D eigenvalue weighted by atomic mass is 9.90. The summed E-state index contributed by atoms with van der Waals surface area (Å²) in [4.78, 5) is 41.5. The molecule has 2 amide bonds. The van der Waals surface area contributed by atoms with Crippen LogP contribution in [-0.2, 0) is 25.0 Å². The highest BCUT2D eigenvalue weighted by Gasteiger charge is 2.54. The van der Waals surface area contributed by atoms with E-state index in [1.807, 2.05) is 5.32 Å². The second-order valence-corrected chi connectivity index (χ2v) is 14.6. The number of rotatable bonds is 11. The van der Waals surface area contributed by atoms with Crippen molar-refractivity contribution in [2.75, 3.05) is 6.61 Å². The molecule has 2 aliphatic heterocycles. The van der Waals surface area contributed by atoms with Crippen molar-refractivity contribution in [3.8, 4) is 16.9 Å². The van der Waals surface area contributed by atoms with E-state index in [9.17, 15) is 27.6 Å². The molecule has 3 aromatic carbocycles. The first-order valence-corrected chi connectivity index (χ1v) is 18.2. The number of benzene rings is 3. The van der Waals surface area contributed by atoms with Crippen LogP contribution in [0.25, 0.3) is 11.1 Å². The van der Waals surface area contributed by atoms with E-state index in [1.165, 1.54) is 41.3 Å². The smallest absolute Gasteiger partial charge is 0.490 e. The van der Waals surface area contributed by atoms with E-state index in [4.69, 9.17) is 22.1 Å². The summed E-state index contributed by atoms with van der Waals surface area (Å²) in [5.41, 5.74) is 6.55. The fraction of sp³-hybridized carbons (Fsp3) is 0.462. The zero-order chi connectivity index (χ0) is 37.9. The molecule has 2 bridgehead atoms. The number of nitrogens with one attached hydrogen (secondary N) is 1. The van der Waals surface area contributed by atoms with E-state index in [0.29, 0.717) is 60.1 Å². The van der Waals surface area contributed by atoms with E-state index in [1.54, 1.807) is 24.3 Å². The molecule has 3 fully saturated rings. The minimum atomic E-state index is -5.50. The largest absolute Gasteiger partial charge is 0.493 e. The van der Waals surface area contributed by atoms with Crippen LogP contribution in [0.15, 0.2) is 72.8 Å². The summed E-state index contributed by atoms with van der Waals surface area (Å²) < 4.78 is 84.3. The van der Waals surface area contributed by atoms with Crippen molar-refractivity contribution in [2.24, 2.45) is 11.7 Å². The lowest BCUT2D eigenvalue weighted by Gasteiger charge is -2.41. The zero-order valence-electron chi connectivity index (χ0n) is 28.8. The number of carbonyl (C=O) groups is 3. The van der Waals surface area contributed by atoms with Gasteiger partial charge < -0.3 is 25.4 Å². The van der Waals surface area contributed by atoms with Crippen molar-refractivity contribution >= 4 is 29.4 Å². The van der Waals surface area contributed by atoms with Crippen LogP contribution >= 0.6 is 11.6 Å². The van der Waals surface area contributed by atoms with Gasteiger partial charge in [-0.05, 0) is 79.8 Å². The van der Waals surface area contributed by atoms with Crippen LogP contribution in [0.5, 0.6) is 5.75 Å². The van der Waals surface area contributed by atoms with Crippen LogP contribution in [0, 0.1) is 5.92 Å². The van der Waals surface area contributed by atoms with Gasteiger partial charge in [-0.25, -0.2) is 4.79 Å². The molecule has 6 rings (SSSR count). The summed E-state index contributed by atoms with van der Waals surface area (Å²) in [5.74, 6) is -8.70. The first-order chi connectivity index (χ1) is 25.2.